The van der Waals surface area contributed by atoms with Gasteiger partial charge in [-0.1, -0.05) is 0 Å². The van der Waals surface area contributed by atoms with Gasteiger partial charge in [-0.05, 0) is 50.2 Å². The van der Waals surface area contributed by atoms with Gasteiger partial charge in [-0.2, -0.15) is 5.26 Å². The molecule has 0 spiro atoms. The Balaban J connectivity index is 1.96. The van der Waals surface area contributed by atoms with Crippen molar-refractivity contribution >= 4 is 22.6 Å². The lowest BCUT2D eigenvalue weighted by Crippen LogP contribution is -2.15. The fraction of sp³-hybridized carbons (Fsp3) is 0.150. The Bertz CT molecular complexity index is 1060. The Kier molecular flexibility index (Phi) is 4.72. The van der Waals surface area contributed by atoms with Gasteiger partial charge in [0.15, 0.2) is 0 Å². The standard InChI is InChI=1S/C20H16N2O4/c1-12(2)25-15-7-8-16-17(10-19(23)26-18(16)9-15)20(24)22-14-5-3-13(11-21)4-6-14/h3-10,12H,1-2H3,(H,22,24). The van der Waals surface area contributed by atoms with Crippen LogP contribution in [0.1, 0.15) is 29.8 Å². The number of carbonyl (C=O) groups excluding carboxylic acids is 1. The van der Waals surface area contributed by atoms with E-state index in [-0.39, 0.29) is 17.3 Å². The van der Waals surface area contributed by atoms with E-state index in [0.29, 0.717) is 22.4 Å². The maximum Gasteiger partial charge on any atom is 0.337 e. The first kappa shape index (κ1) is 17.2. The predicted molar refractivity (Wildman–Crippen MR) is 97.4 cm³/mol. The van der Waals surface area contributed by atoms with E-state index in [1.807, 2.05) is 19.9 Å². The lowest BCUT2D eigenvalue weighted by Gasteiger charge is -2.11. The van der Waals surface area contributed by atoms with Crippen molar-refractivity contribution in [3.05, 3.63) is 70.1 Å². The SMILES string of the molecule is CC(C)Oc1ccc2c(C(=O)Nc3ccc(C#N)cc3)cc(=O)oc2c1. The summed E-state index contributed by atoms with van der Waals surface area (Å²) in [5.41, 5.74) is 0.878. The highest BCUT2D eigenvalue weighted by Crippen LogP contribution is 2.24. The minimum Gasteiger partial charge on any atom is -0.491 e. The van der Waals surface area contributed by atoms with Crippen LogP contribution < -0.4 is 15.7 Å². The van der Waals surface area contributed by atoms with Crippen molar-refractivity contribution in [1.82, 2.24) is 0 Å². The van der Waals surface area contributed by atoms with E-state index in [2.05, 4.69) is 5.32 Å². The molecule has 0 saturated carbocycles. The highest BCUT2D eigenvalue weighted by atomic mass is 16.5. The van der Waals surface area contributed by atoms with E-state index in [1.165, 1.54) is 0 Å². The Labute approximate surface area is 149 Å². The third-order valence-corrected chi connectivity index (χ3v) is 3.60. The maximum absolute atomic E-state index is 12.6. The molecule has 0 radical (unpaired) electrons. The highest BCUT2D eigenvalue weighted by molar-refractivity contribution is 6.12. The number of nitriles is 1. The number of hydrogen-bond acceptors (Lipinski definition) is 5. The number of benzene rings is 2. The van der Waals surface area contributed by atoms with Gasteiger partial charge in [0.1, 0.15) is 11.3 Å². The number of nitrogens with one attached hydrogen (secondary N) is 1. The summed E-state index contributed by atoms with van der Waals surface area (Å²) < 4.78 is 10.8. The molecule has 0 saturated heterocycles. The molecule has 0 unspecified atom stereocenters. The van der Waals surface area contributed by atoms with Gasteiger partial charge in [0.25, 0.3) is 5.91 Å². The second-order valence-electron chi connectivity index (χ2n) is 5.95. The first-order chi connectivity index (χ1) is 12.5. The summed E-state index contributed by atoms with van der Waals surface area (Å²) in [5, 5.41) is 12.0. The van der Waals surface area contributed by atoms with Gasteiger partial charge in [-0.25, -0.2) is 4.79 Å². The molecule has 0 atom stereocenters. The number of ether oxygens (including phenoxy) is 1. The van der Waals surface area contributed by atoms with E-state index in [1.54, 1.807) is 42.5 Å². The van der Waals surface area contributed by atoms with Crippen molar-refractivity contribution in [1.29, 1.82) is 5.26 Å². The average molecular weight is 348 g/mol. The van der Waals surface area contributed by atoms with E-state index >= 15 is 0 Å². The molecule has 1 aromatic heterocycles. The van der Waals surface area contributed by atoms with Gasteiger partial charge in [0.2, 0.25) is 0 Å². The summed E-state index contributed by atoms with van der Waals surface area (Å²) in [5.74, 6) is 0.116. The number of rotatable bonds is 4. The summed E-state index contributed by atoms with van der Waals surface area (Å²) in [6.45, 7) is 3.78. The second kappa shape index (κ2) is 7.11. The van der Waals surface area contributed by atoms with E-state index in [9.17, 15) is 9.59 Å². The molecule has 0 aliphatic rings. The number of hydrogen-bond donors (Lipinski definition) is 1. The molecule has 0 bridgehead atoms. The lowest BCUT2D eigenvalue weighted by atomic mass is 10.1. The first-order valence-corrected chi connectivity index (χ1v) is 8.02. The molecule has 130 valence electrons. The van der Waals surface area contributed by atoms with Crippen molar-refractivity contribution in [3.8, 4) is 11.8 Å². The fourth-order valence-corrected chi connectivity index (χ4v) is 2.50. The molecule has 3 rings (SSSR count). The van der Waals surface area contributed by atoms with Gasteiger partial charge in [0.05, 0.1) is 23.3 Å². The number of nitrogens with zero attached hydrogens (tertiary/aromatic N) is 1. The van der Waals surface area contributed by atoms with Crippen molar-refractivity contribution in [2.24, 2.45) is 0 Å². The maximum atomic E-state index is 12.6. The zero-order chi connectivity index (χ0) is 18.7. The van der Waals surface area contributed by atoms with Crippen LogP contribution in [0.3, 0.4) is 0 Å². The molecule has 26 heavy (non-hydrogen) atoms. The zero-order valence-electron chi connectivity index (χ0n) is 14.3. The summed E-state index contributed by atoms with van der Waals surface area (Å²) in [6.07, 6.45) is -0.0259. The minimum atomic E-state index is -0.621. The van der Waals surface area contributed by atoms with E-state index < -0.39 is 11.5 Å². The molecular formula is C20H16N2O4. The molecular weight excluding hydrogens is 332 g/mol. The topological polar surface area (TPSA) is 92.3 Å². The molecule has 0 fully saturated rings. The quantitative estimate of drug-likeness (QED) is 0.726. The Morgan fingerprint density at radius 1 is 1.15 bits per heavy atom. The summed E-state index contributed by atoms with van der Waals surface area (Å²) in [6, 6.07) is 14.6. The first-order valence-electron chi connectivity index (χ1n) is 8.02. The van der Waals surface area contributed by atoms with Crippen LogP contribution >= 0.6 is 0 Å². The Morgan fingerprint density at radius 3 is 2.54 bits per heavy atom. The molecule has 0 aliphatic heterocycles. The van der Waals surface area contributed by atoms with Gasteiger partial charge in [-0.15, -0.1) is 0 Å². The minimum absolute atomic E-state index is 0.0259. The number of fused-ring (bicyclic) bond motifs is 1. The molecule has 2 aromatic carbocycles. The molecule has 6 nitrogen and oxygen atoms in total. The normalized spacial score (nSPS) is 10.5. The average Bonchev–Trinajstić information content (AvgIpc) is 2.60. The largest absolute Gasteiger partial charge is 0.491 e. The lowest BCUT2D eigenvalue weighted by molar-refractivity contribution is 0.102. The van der Waals surface area contributed by atoms with Crippen LogP contribution in [0.5, 0.6) is 5.75 Å². The van der Waals surface area contributed by atoms with E-state index in [0.717, 1.165) is 6.07 Å². The second-order valence-corrected chi connectivity index (χ2v) is 5.95. The molecule has 6 heteroatoms. The predicted octanol–water partition coefficient (Wildman–Crippen LogP) is 3.70. The number of anilines is 1. The van der Waals surface area contributed by atoms with E-state index in [4.69, 9.17) is 14.4 Å². The van der Waals surface area contributed by atoms with Gasteiger partial charge in [-0.3, -0.25) is 4.79 Å². The van der Waals surface area contributed by atoms with Crippen molar-refractivity contribution in [2.75, 3.05) is 5.32 Å². The Morgan fingerprint density at radius 2 is 1.88 bits per heavy atom. The van der Waals surface area contributed by atoms with Crippen LogP contribution in [-0.4, -0.2) is 12.0 Å². The monoisotopic (exact) mass is 348 g/mol. The molecule has 1 amide bonds. The van der Waals surface area contributed by atoms with Crippen LogP contribution in [0, 0.1) is 11.3 Å². The van der Waals surface area contributed by atoms with Gasteiger partial charge >= 0.3 is 5.63 Å². The van der Waals surface area contributed by atoms with Crippen molar-refractivity contribution in [2.45, 2.75) is 20.0 Å². The number of carbonyl (C=O) groups is 1. The molecule has 1 heterocycles. The molecule has 3 aromatic rings. The zero-order valence-corrected chi connectivity index (χ0v) is 14.3. The summed E-state index contributed by atoms with van der Waals surface area (Å²) in [4.78, 5) is 24.5. The van der Waals surface area contributed by atoms with Crippen LogP contribution in [0.4, 0.5) is 5.69 Å². The Hall–Kier alpha value is -3.59. The summed E-state index contributed by atoms with van der Waals surface area (Å²) in [7, 11) is 0. The van der Waals surface area contributed by atoms with Crippen LogP contribution in [0.15, 0.2) is 57.7 Å². The van der Waals surface area contributed by atoms with Crippen LogP contribution in [-0.2, 0) is 0 Å². The van der Waals surface area contributed by atoms with Crippen LogP contribution in [0.2, 0.25) is 0 Å². The van der Waals surface area contributed by atoms with Crippen molar-refractivity contribution in [3.63, 3.8) is 0 Å². The molecule has 0 aliphatic carbocycles. The smallest absolute Gasteiger partial charge is 0.337 e. The molecule has 1 N–H and O–H groups in total. The number of amides is 1. The third-order valence-electron chi connectivity index (χ3n) is 3.60. The van der Waals surface area contributed by atoms with Gasteiger partial charge in [0, 0.05) is 23.2 Å². The third kappa shape index (κ3) is 3.73. The van der Waals surface area contributed by atoms with Crippen LogP contribution in [0.25, 0.3) is 11.0 Å². The fourth-order valence-electron chi connectivity index (χ4n) is 2.50. The van der Waals surface area contributed by atoms with Crippen molar-refractivity contribution < 1.29 is 13.9 Å². The van der Waals surface area contributed by atoms with Gasteiger partial charge < -0.3 is 14.5 Å². The summed E-state index contributed by atoms with van der Waals surface area (Å²) >= 11 is 0. The highest BCUT2D eigenvalue weighted by Gasteiger charge is 2.14.